The molecule has 2 aromatic heterocycles. The molecule has 1 atom stereocenters. The number of halogens is 5. The molecule has 0 spiro atoms. The van der Waals surface area contributed by atoms with Gasteiger partial charge in [-0.15, -0.1) is 19.6 Å². The Morgan fingerprint density at radius 1 is 1.10 bits per heavy atom. The molecule has 14 heteroatoms. The Morgan fingerprint density at radius 3 is 2.57 bits per heavy atom. The minimum Gasteiger partial charge on any atom is -0.508 e. The number of phenols is 1. The van der Waals surface area contributed by atoms with Gasteiger partial charge in [0.25, 0.3) is 0 Å². The fraction of sp³-hybridized carbons (Fsp3) is 0.457. The number of ether oxygens (including phenoxy) is 2. The molecular formula is C35H37F5N6O3. The van der Waals surface area contributed by atoms with Gasteiger partial charge in [-0.25, -0.2) is 8.78 Å². The van der Waals surface area contributed by atoms with Crippen LogP contribution in [0.25, 0.3) is 32.9 Å². The van der Waals surface area contributed by atoms with E-state index in [1.54, 1.807) is 4.90 Å². The lowest BCUT2D eigenvalue weighted by atomic mass is 9.95. The normalized spacial score (nSPS) is 19.1. The van der Waals surface area contributed by atoms with Gasteiger partial charge in [0.15, 0.2) is 5.82 Å². The Balaban J connectivity index is 0.00000205. The van der Waals surface area contributed by atoms with Crippen molar-refractivity contribution in [3.8, 4) is 35.4 Å². The van der Waals surface area contributed by atoms with E-state index in [1.165, 1.54) is 30.5 Å². The van der Waals surface area contributed by atoms with E-state index in [0.29, 0.717) is 25.1 Å². The van der Waals surface area contributed by atoms with Gasteiger partial charge in [0, 0.05) is 42.8 Å². The Morgan fingerprint density at radius 2 is 1.86 bits per heavy atom. The third-order valence-corrected chi connectivity index (χ3v) is 9.38. The molecule has 9 nitrogen and oxygen atoms in total. The lowest BCUT2D eigenvalue weighted by Gasteiger charge is -2.35. The van der Waals surface area contributed by atoms with Crippen LogP contribution < -0.4 is 15.0 Å². The van der Waals surface area contributed by atoms with E-state index in [9.17, 15) is 22.7 Å². The minimum absolute atomic E-state index is 0.0625. The lowest BCUT2D eigenvalue weighted by molar-refractivity contribution is -0.326. The monoisotopic (exact) mass is 684 g/mol. The molecule has 5 heterocycles. The Labute approximate surface area is 280 Å². The maximum Gasteiger partial charge on any atom is 0.522 e. The smallest absolute Gasteiger partial charge is 0.508 e. The average molecular weight is 685 g/mol. The first-order valence-electron chi connectivity index (χ1n) is 16.4. The van der Waals surface area contributed by atoms with Gasteiger partial charge in [0.1, 0.15) is 35.2 Å². The summed E-state index contributed by atoms with van der Waals surface area (Å²) < 4.78 is 80.3. The molecule has 3 saturated heterocycles. The second kappa shape index (κ2) is 13.9. The number of nitrogens with one attached hydrogen (secondary N) is 1. The van der Waals surface area contributed by atoms with E-state index < -0.39 is 30.6 Å². The van der Waals surface area contributed by atoms with Gasteiger partial charge in [-0.3, -0.25) is 14.6 Å². The number of piperazine rings is 1. The molecule has 3 fully saturated rings. The average Bonchev–Trinajstić information content (AvgIpc) is 3.68. The summed E-state index contributed by atoms with van der Waals surface area (Å²) >= 11 is 0. The molecule has 0 aliphatic carbocycles. The summed E-state index contributed by atoms with van der Waals surface area (Å²) in [5.74, 6) is 0.777. The molecule has 3 aliphatic heterocycles. The molecule has 3 aliphatic rings. The summed E-state index contributed by atoms with van der Waals surface area (Å²) in [6.45, 7) is 6.34. The highest BCUT2D eigenvalue weighted by Crippen LogP contribution is 2.41. The number of anilines is 1. The molecule has 0 radical (unpaired) electrons. The number of hydrogen-bond donors (Lipinski definition) is 2. The number of alkyl halides is 3. The second-order valence-corrected chi connectivity index (χ2v) is 12.2. The molecule has 0 amide bonds. The van der Waals surface area contributed by atoms with Crippen LogP contribution in [0.1, 0.15) is 45.1 Å². The molecule has 7 rings (SSSR count). The van der Waals surface area contributed by atoms with Gasteiger partial charge in [0.2, 0.25) is 0 Å². The first kappa shape index (κ1) is 34.5. The highest BCUT2D eigenvalue weighted by atomic mass is 19.4. The van der Waals surface area contributed by atoms with Crippen molar-refractivity contribution in [2.24, 2.45) is 0 Å². The molecule has 0 saturated carbocycles. The predicted molar refractivity (Wildman–Crippen MR) is 175 cm³/mol. The van der Waals surface area contributed by atoms with Crippen LogP contribution in [0.4, 0.5) is 27.8 Å². The Kier molecular flexibility index (Phi) is 9.79. The summed E-state index contributed by atoms with van der Waals surface area (Å²) in [6.07, 6.45) is 6.19. The van der Waals surface area contributed by atoms with Crippen LogP contribution in [-0.4, -0.2) is 88.8 Å². The summed E-state index contributed by atoms with van der Waals surface area (Å²) in [4.78, 5) is 17.6. The van der Waals surface area contributed by atoms with Crippen LogP contribution in [0.2, 0.25) is 0 Å². The fourth-order valence-electron chi connectivity index (χ4n) is 7.25. The van der Waals surface area contributed by atoms with Crippen molar-refractivity contribution in [1.82, 2.24) is 25.2 Å². The highest BCUT2D eigenvalue weighted by Gasteiger charge is 2.45. The molecule has 0 bridgehead atoms. The van der Waals surface area contributed by atoms with Gasteiger partial charge in [0.05, 0.1) is 23.1 Å². The van der Waals surface area contributed by atoms with E-state index in [1.807, 2.05) is 13.8 Å². The van der Waals surface area contributed by atoms with Crippen LogP contribution in [-0.2, 0) is 4.74 Å². The van der Waals surface area contributed by atoms with Crippen LogP contribution in [0.15, 0.2) is 30.5 Å². The maximum absolute atomic E-state index is 16.7. The van der Waals surface area contributed by atoms with Crippen LogP contribution in [0.5, 0.6) is 11.8 Å². The van der Waals surface area contributed by atoms with E-state index >= 15 is 4.39 Å². The van der Waals surface area contributed by atoms with Gasteiger partial charge in [-0.1, -0.05) is 25.8 Å². The van der Waals surface area contributed by atoms with Gasteiger partial charge in [-0.05, 0) is 62.4 Å². The number of aromatic nitrogens is 3. The van der Waals surface area contributed by atoms with Gasteiger partial charge < -0.3 is 20.1 Å². The van der Waals surface area contributed by atoms with Gasteiger partial charge >= 0.3 is 12.4 Å². The number of fused-ring (bicyclic) bond motifs is 3. The predicted octanol–water partition coefficient (Wildman–Crippen LogP) is 6.16. The van der Waals surface area contributed by atoms with Crippen LogP contribution in [0, 0.1) is 24.0 Å². The number of rotatable bonds is 7. The summed E-state index contributed by atoms with van der Waals surface area (Å²) in [5, 5.41) is 14.3. The molecule has 2 aromatic carbocycles. The maximum atomic E-state index is 16.7. The standard InChI is InChI=1S/C33H31F5N6O3.C2H6/c1-2-22-25(34)6-5-19-13-21(45)14-23(26(19)22)28-27(35)29-24(15-40-28)30(43-12-9-39-20(16-43)17-47-33(36,37)38)42-31(41-29)46-18-32-7-3-10-44(32)11-4-8-32;1-2/h1,5-6,13-15,20,39,45H,3-4,7-12,16-18H2;1-2H3. The third-order valence-electron chi connectivity index (χ3n) is 9.38. The Bertz CT molecular complexity index is 1890. The quantitative estimate of drug-likeness (QED) is 0.175. The third kappa shape index (κ3) is 6.79. The number of phenolic OH excluding ortho intramolecular Hbond substituents is 1. The lowest BCUT2D eigenvalue weighted by Crippen LogP contribution is -2.53. The zero-order valence-corrected chi connectivity index (χ0v) is 27.2. The summed E-state index contributed by atoms with van der Waals surface area (Å²) in [7, 11) is 0. The van der Waals surface area contributed by atoms with Crippen molar-refractivity contribution >= 4 is 27.5 Å². The van der Waals surface area contributed by atoms with Crippen molar-refractivity contribution < 1.29 is 36.5 Å². The zero-order chi connectivity index (χ0) is 34.9. The SMILES string of the molecule is C#Cc1c(F)ccc2cc(O)cc(-c3ncc4c(N5CCNC(COC(F)(F)F)C5)nc(OCC56CCCN5CCC6)nc4c3F)c12.CC. The molecule has 1 unspecified atom stereocenters. The van der Waals surface area contributed by atoms with Crippen molar-refractivity contribution in [1.29, 1.82) is 0 Å². The molecule has 4 aromatic rings. The number of nitrogens with zero attached hydrogens (tertiary/aromatic N) is 5. The van der Waals surface area contributed by atoms with E-state index in [4.69, 9.17) is 11.2 Å². The highest BCUT2D eigenvalue weighted by molar-refractivity contribution is 6.03. The van der Waals surface area contributed by atoms with E-state index in [0.717, 1.165) is 38.8 Å². The van der Waals surface area contributed by atoms with Crippen molar-refractivity contribution in [2.75, 3.05) is 50.8 Å². The van der Waals surface area contributed by atoms with Gasteiger partial charge in [-0.2, -0.15) is 9.97 Å². The largest absolute Gasteiger partial charge is 0.522 e. The second-order valence-electron chi connectivity index (χ2n) is 12.2. The first-order valence-corrected chi connectivity index (χ1v) is 16.4. The number of benzene rings is 2. The fourth-order valence-corrected chi connectivity index (χ4v) is 7.25. The zero-order valence-electron chi connectivity index (χ0n) is 27.2. The minimum atomic E-state index is -4.79. The number of aromatic hydroxyl groups is 1. The molecule has 49 heavy (non-hydrogen) atoms. The summed E-state index contributed by atoms with van der Waals surface area (Å²) in [6, 6.07) is 4.46. The first-order chi connectivity index (χ1) is 23.5. The topological polar surface area (TPSA) is 95.9 Å². The number of hydrogen-bond acceptors (Lipinski definition) is 9. The molecular weight excluding hydrogens is 647 g/mol. The van der Waals surface area contributed by atoms with Crippen molar-refractivity contribution in [3.63, 3.8) is 0 Å². The number of terminal acetylenes is 1. The van der Waals surface area contributed by atoms with E-state index in [-0.39, 0.29) is 62.8 Å². The van der Waals surface area contributed by atoms with Crippen molar-refractivity contribution in [2.45, 2.75) is 57.5 Å². The van der Waals surface area contributed by atoms with Crippen molar-refractivity contribution in [3.05, 3.63) is 47.7 Å². The number of pyridine rings is 1. The summed E-state index contributed by atoms with van der Waals surface area (Å²) in [5.41, 5.74) is -0.599. The van der Waals surface area contributed by atoms with E-state index in [2.05, 4.69) is 35.8 Å². The molecule has 260 valence electrons. The van der Waals surface area contributed by atoms with Crippen LogP contribution >= 0.6 is 0 Å². The van der Waals surface area contributed by atoms with Crippen LogP contribution in [0.3, 0.4) is 0 Å². The Hall–Kier alpha value is -4.32. The molecule has 2 N–H and O–H groups in total.